The topological polar surface area (TPSA) is 90.1 Å². The summed E-state index contributed by atoms with van der Waals surface area (Å²) in [5.41, 5.74) is 3.03. The number of fused-ring (bicyclic) bond motifs is 1. The first kappa shape index (κ1) is 18.1. The zero-order valence-corrected chi connectivity index (χ0v) is 14.6. The Kier molecular flexibility index (Phi) is 5.62. The standard InChI is InChI=1S/C18H22FN5O2/c1-2-24(11-16(25)21-9-12-3-5-13(19)6-4-12)18(26)17-14-10-20-8-7-15(14)22-23-17/h3-6,20H,2,7-11H2,1H3,(H,21,25)(H,22,23). The largest absolute Gasteiger partial charge is 0.350 e. The molecule has 0 unspecified atom stereocenters. The van der Waals surface area contributed by atoms with Crippen LogP contribution in [0.1, 0.15) is 34.2 Å². The van der Waals surface area contributed by atoms with Crippen LogP contribution in [0.2, 0.25) is 0 Å². The minimum Gasteiger partial charge on any atom is -0.350 e. The first-order valence-electron chi connectivity index (χ1n) is 8.65. The van der Waals surface area contributed by atoms with Crippen molar-refractivity contribution in [2.75, 3.05) is 19.6 Å². The highest BCUT2D eigenvalue weighted by Gasteiger charge is 2.25. The molecule has 7 nitrogen and oxygen atoms in total. The third kappa shape index (κ3) is 4.08. The predicted molar refractivity (Wildman–Crippen MR) is 93.8 cm³/mol. The van der Waals surface area contributed by atoms with Gasteiger partial charge in [0, 0.05) is 43.9 Å². The molecule has 0 aliphatic carbocycles. The summed E-state index contributed by atoms with van der Waals surface area (Å²) in [4.78, 5) is 26.4. The molecule has 0 bridgehead atoms. The van der Waals surface area contributed by atoms with E-state index in [2.05, 4.69) is 20.8 Å². The Balaban J connectivity index is 1.59. The van der Waals surface area contributed by atoms with Gasteiger partial charge in [-0.25, -0.2) is 4.39 Å². The maximum absolute atomic E-state index is 12.9. The summed E-state index contributed by atoms with van der Waals surface area (Å²) in [6, 6.07) is 5.92. The quantitative estimate of drug-likeness (QED) is 0.717. The molecule has 2 aromatic rings. The van der Waals surface area contributed by atoms with Gasteiger partial charge in [-0.1, -0.05) is 12.1 Å². The Morgan fingerprint density at radius 3 is 2.81 bits per heavy atom. The van der Waals surface area contributed by atoms with Crippen molar-refractivity contribution in [3.05, 3.63) is 52.6 Å². The van der Waals surface area contributed by atoms with Crippen LogP contribution in [-0.4, -0.2) is 46.5 Å². The van der Waals surface area contributed by atoms with Crippen LogP contribution in [0.4, 0.5) is 4.39 Å². The van der Waals surface area contributed by atoms with Crippen molar-refractivity contribution in [1.29, 1.82) is 0 Å². The average Bonchev–Trinajstić information content (AvgIpc) is 3.09. The SMILES string of the molecule is CCN(CC(=O)NCc1ccc(F)cc1)C(=O)c1n[nH]c2c1CNCC2. The Morgan fingerprint density at radius 2 is 2.08 bits per heavy atom. The zero-order chi connectivity index (χ0) is 18.5. The molecule has 2 amide bonds. The van der Waals surface area contributed by atoms with Crippen LogP contribution in [0.25, 0.3) is 0 Å². The third-order valence-corrected chi connectivity index (χ3v) is 4.42. The smallest absolute Gasteiger partial charge is 0.275 e. The number of nitrogens with zero attached hydrogens (tertiary/aromatic N) is 2. The van der Waals surface area contributed by atoms with Crippen LogP contribution in [-0.2, 0) is 24.3 Å². The van der Waals surface area contributed by atoms with Crippen LogP contribution in [0, 0.1) is 5.82 Å². The number of likely N-dealkylation sites (N-methyl/N-ethyl adjacent to an activating group) is 1. The van der Waals surface area contributed by atoms with Gasteiger partial charge in [0.1, 0.15) is 5.82 Å². The Labute approximate surface area is 151 Å². The molecule has 0 saturated heterocycles. The van der Waals surface area contributed by atoms with Crippen molar-refractivity contribution in [1.82, 2.24) is 25.7 Å². The normalized spacial score (nSPS) is 13.2. The average molecular weight is 359 g/mol. The van der Waals surface area contributed by atoms with Gasteiger partial charge in [0.25, 0.3) is 5.91 Å². The van der Waals surface area contributed by atoms with Crippen LogP contribution in [0.15, 0.2) is 24.3 Å². The third-order valence-electron chi connectivity index (χ3n) is 4.42. The van der Waals surface area contributed by atoms with Gasteiger partial charge in [0.15, 0.2) is 5.69 Å². The van der Waals surface area contributed by atoms with E-state index in [-0.39, 0.29) is 30.7 Å². The van der Waals surface area contributed by atoms with Crippen molar-refractivity contribution in [3.8, 4) is 0 Å². The molecule has 1 aromatic carbocycles. The molecule has 1 aliphatic heterocycles. The summed E-state index contributed by atoms with van der Waals surface area (Å²) in [5, 5.41) is 13.0. The van der Waals surface area contributed by atoms with E-state index in [1.54, 1.807) is 12.1 Å². The van der Waals surface area contributed by atoms with Crippen molar-refractivity contribution >= 4 is 11.8 Å². The van der Waals surface area contributed by atoms with Crippen LogP contribution in [0.5, 0.6) is 0 Å². The number of aromatic nitrogens is 2. The predicted octanol–water partition coefficient (Wildman–Crippen LogP) is 0.973. The second-order valence-electron chi connectivity index (χ2n) is 6.18. The van der Waals surface area contributed by atoms with Crippen LogP contribution >= 0.6 is 0 Å². The number of H-pyrrole nitrogens is 1. The number of hydrogen-bond donors (Lipinski definition) is 3. The van der Waals surface area contributed by atoms with E-state index in [1.807, 2.05) is 6.92 Å². The molecule has 2 heterocycles. The molecule has 8 heteroatoms. The highest BCUT2D eigenvalue weighted by molar-refractivity contribution is 5.96. The van der Waals surface area contributed by atoms with Gasteiger partial charge < -0.3 is 15.5 Å². The van der Waals surface area contributed by atoms with Gasteiger partial charge in [0.05, 0.1) is 6.54 Å². The number of benzene rings is 1. The van der Waals surface area contributed by atoms with Crippen LogP contribution in [0.3, 0.4) is 0 Å². The van der Waals surface area contributed by atoms with Gasteiger partial charge in [-0.05, 0) is 24.6 Å². The second-order valence-corrected chi connectivity index (χ2v) is 6.18. The Morgan fingerprint density at radius 1 is 1.31 bits per heavy atom. The number of aromatic amines is 1. The molecular formula is C18H22FN5O2. The van der Waals surface area contributed by atoms with Crippen molar-refractivity contribution < 1.29 is 14.0 Å². The maximum Gasteiger partial charge on any atom is 0.275 e. The lowest BCUT2D eigenvalue weighted by Crippen LogP contribution is -2.41. The molecule has 138 valence electrons. The fourth-order valence-corrected chi connectivity index (χ4v) is 2.91. The zero-order valence-electron chi connectivity index (χ0n) is 14.6. The Bertz CT molecular complexity index is 787. The molecular weight excluding hydrogens is 337 g/mol. The van der Waals surface area contributed by atoms with Gasteiger partial charge in [-0.2, -0.15) is 5.10 Å². The molecule has 1 aliphatic rings. The lowest BCUT2D eigenvalue weighted by Gasteiger charge is -2.21. The van der Waals surface area contributed by atoms with Crippen molar-refractivity contribution in [2.45, 2.75) is 26.4 Å². The van der Waals surface area contributed by atoms with Gasteiger partial charge >= 0.3 is 0 Å². The number of hydrogen-bond acceptors (Lipinski definition) is 4. The van der Waals surface area contributed by atoms with E-state index in [0.717, 1.165) is 29.8 Å². The maximum atomic E-state index is 12.9. The Hall–Kier alpha value is -2.74. The van der Waals surface area contributed by atoms with Gasteiger partial charge in [-0.3, -0.25) is 14.7 Å². The molecule has 3 N–H and O–H groups in total. The van der Waals surface area contributed by atoms with E-state index < -0.39 is 0 Å². The van der Waals surface area contributed by atoms with E-state index in [9.17, 15) is 14.0 Å². The number of carbonyl (C=O) groups is 2. The molecule has 0 fully saturated rings. The molecule has 26 heavy (non-hydrogen) atoms. The summed E-state index contributed by atoms with van der Waals surface area (Å²) >= 11 is 0. The highest BCUT2D eigenvalue weighted by atomic mass is 19.1. The lowest BCUT2D eigenvalue weighted by atomic mass is 10.1. The molecule has 0 radical (unpaired) electrons. The van der Waals surface area contributed by atoms with E-state index in [0.29, 0.717) is 18.8 Å². The van der Waals surface area contributed by atoms with Gasteiger partial charge in [0.2, 0.25) is 5.91 Å². The minimum atomic E-state index is -0.320. The monoisotopic (exact) mass is 359 g/mol. The van der Waals surface area contributed by atoms with E-state index in [1.165, 1.54) is 17.0 Å². The number of rotatable bonds is 6. The second kappa shape index (κ2) is 8.09. The summed E-state index contributed by atoms with van der Waals surface area (Å²) < 4.78 is 12.9. The van der Waals surface area contributed by atoms with Crippen molar-refractivity contribution in [3.63, 3.8) is 0 Å². The summed E-state index contributed by atoms with van der Waals surface area (Å²) in [6.07, 6.45) is 0.805. The fraction of sp³-hybridized carbons (Fsp3) is 0.389. The van der Waals surface area contributed by atoms with Crippen LogP contribution < -0.4 is 10.6 Å². The number of halogens is 1. The number of carbonyl (C=O) groups excluding carboxylic acids is 2. The summed E-state index contributed by atoms with van der Waals surface area (Å²) in [5.74, 6) is -0.850. The van der Waals surface area contributed by atoms with E-state index >= 15 is 0 Å². The fourth-order valence-electron chi connectivity index (χ4n) is 2.91. The summed E-state index contributed by atoms with van der Waals surface area (Å²) in [6.45, 7) is 3.91. The molecule has 0 saturated carbocycles. The first-order valence-corrected chi connectivity index (χ1v) is 8.65. The lowest BCUT2D eigenvalue weighted by molar-refractivity contribution is -0.121. The minimum absolute atomic E-state index is 0.0500. The molecule has 0 spiro atoms. The first-order chi connectivity index (χ1) is 12.6. The summed E-state index contributed by atoms with van der Waals surface area (Å²) in [7, 11) is 0. The number of amides is 2. The molecule has 0 atom stereocenters. The molecule has 1 aromatic heterocycles. The van der Waals surface area contributed by atoms with Gasteiger partial charge in [-0.15, -0.1) is 0 Å². The molecule has 3 rings (SSSR count). The van der Waals surface area contributed by atoms with E-state index in [4.69, 9.17) is 0 Å². The highest BCUT2D eigenvalue weighted by Crippen LogP contribution is 2.17. The van der Waals surface area contributed by atoms with Crippen molar-refractivity contribution in [2.24, 2.45) is 0 Å². The number of nitrogens with one attached hydrogen (secondary N) is 3.